The lowest BCUT2D eigenvalue weighted by atomic mass is 9.81. The molecule has 3 atom stereocenters. The van der Waals surface area contributed by atoms with E-state index in [1.807, 2.05) is 0 Å². The Morgan fingerprint density at radius 3 is 2.13 bits per heavy atom. The highest BCUT2D eigenvalue weighted by Crippen LogP contribution is 2.32. The first-order valence-corrected chi connectivity index (χ1v) is 6.65. The number of nitrogens with one attached hydrogen (secondary N) is 1. The Bertz CT molecular complexity index is 168. The normalized spacial score (nSPS) is 18.6. The Hall–Kier alpha value is 0.250. The second kappa shape index (κ2) is 6.75. The molecule has 15 heavy (non-hydrogen) atoms. The van der Waals surface area contributed by atoms with Crippen LogP contribution in [0, 0.1) is 11.3 Å². The Labute approximate surface area is 101 Å². The van der Waals surface area contributed by atoms with Crippen LogP contribution in [-0.4, -0.2) is 18.0 Å². The molecule has 1 N–H and O–H groups in total. The van der Waals surface area contributed by atoms with Crippen molar-refractivity contribution in [3.63, 3.8) is 0 Å². The van der Waals surface area contributed by atoms with Crippen molar-refractivity contribution < 1.29 is 0 Å². The van der Waals surface area contributed by atoms with Crippen molar-refractivity contribution in [1.82, 2.24) is 5.32 Å². The molecule has 0 rings (SSSR count). The lowest BCUT2D eigenvalue weighted by molar-refractivity contribution is 0.272. The Morgan fingerprint density at radius 2 is 1.73 bits per heavy atom. The molecule has 0 aromatic carbocycles. The van der Waals surface area contributed by atoms with Crippen molar-refractivity contribution in [3.8, 4) is 0 Å². The molecule has 0 aromatic heterocycles. The molecule has 1 unspecified atom stereocenters. The van der Waals surface area contributed by atoms with Gasteiger partial charge in [0.15, 0.2) is 0 Å². The largest absolute Gasteiger partial charge is 0.314 e. The maximum atomic E-state index is 6.49. The molecule has 0 aliphatic rings. The van der Waals surface area contributed by atoms with Gasteiger partial charge in [-0.15, -0.1) is 11.6 Å². The van der Waals surface area contributed by atoms with Gasteiger partial charge in [-0.2, -0.15) is 0 Å². The van der Waals surface area contributed by atoms with Crippen LogP contribution < -0.4 is 5.32 Å². The smallest absolute Gasteiger partial charge is 0.0381 e. The zero-order chi connectivity index (χ0) is 12.1. The highest BCUT2D eigenvalue weighted by Gasteiger charge is 2.26. The standard InChI is InChI=1S/C13H28ClN/c1-7-13(5,6)9-12(14)10(3)11(4)15-8-2/h10-12,15H,7-9H2,1-6H3/t10?,11-,12-/m1/s1. The third-order valence-electron chi connectivity index (χ3n) is 3.59. The highest BCUT2D eigenvalue weighted by atomic mass is 35.5. The zero-order valence-corrected chi connectivity index (χ0v) is 12.0. The quantitative estimate of drug-likeness (QED) is 0.655. The SMILES string of the molecule is CCN[C@H](C)C(C)[C@H](Cl)CC(C)(C)CC. The van der Waals surface area contributed by atoms with Gasteiger partial charge in [0.25, 0.3) is 0 Å². The second-order valence-electron chi connectivity index (χ2n) is 5.44. The molecule has 0 aromatic rings. The van der Waals surface area contributed by atoms with Crippen molar-refractivity contribution in [2.45, 2.75) is 65.8 Å². The van der Waals surface area contributed by atoms with Gasteiger partial charge >= 0.3 is 0 Å². The maximum Gasteiger partial charge on any atom is 0.0381 e. The van der Waals surface area contributed by atoms with Crippen molar-refractivity contribution >= 4 is 11.6 Å². The van der Waals surface area contributed by atoms with Crippen molar-refractivity contribution in [3.05, 3.63) is 0 Å². The molecule has 0 heterocycles. The van der Waals surface area contributed by atoms with E-state index in [4.69, 9.17) is 11.6 Å². The molecule has 0 spiro atoms. The van der Waals surface area contributed by atoms with E-state index in [-0.39, 0.29) is 5.38 Å². The van der Waals surface area contributed by atoms with Gasteiger partial charge in [-0.3, -0.25) is 0 Å². The third kappa shape index (κ3) is 5.77. The van der Waals surface area contributed by atoms with Gasteiger partial charge in [0.2, 0.25) is 0 Å². The average molecular weight is 234 g/mol. The van der Waals surface area contributed by atoms with Crippen LogP contribution in [0.25, 0.3) is 0 Å². The molecular formula is C13H28ClN. The number of hydrogen-bond donors (Lipinski definition) is 1. The van der Waals surface area contributed by atoms with E-state index in [2.05, 4.69) is 46.9 Å². The fourth-order valence-corrected chi connectivity index (χ4v) is 2.32. The summed E-state index contributed by atoms with van der Waals surface area (Å²) < 4.78 is 0. The van der Waals surface area contributed by atoms with E-state index in [1.165, 1.54) is 6.42 Å². The average Bonchev–Trinajstić information content (AvgIpc) is 2.16. The van der Waals surface area contributed by atoms with E-state index in [1.54, 1.807) is 0 Å². The summed E-state index contributed by atoms with van der Waals surface area (Å²) in [5.74, 6) is 0.525. The van der Waals surface area contributed by atoms with Gasteiger partial charge in [-0.25, -0.2) is 0 Å². The van der Waals surface area contributed by atoms with Crippen LogP contribution in [0.15, 0.2) is 0 Å². The summed E-state index contributed by atoms with van der Waals surface area (Å²) >= 11 is 6.49. The predicted molar refractivity (Wildman–Crippen MR) is 70.6 cm³/mol. The van der Waals surface area contributed by atoms with Crippen LogP contribution in [0.5, 0.6) is 0 Å². The summed E-state index contributed by atoms with van der Waals surface area (Å²) in [5.41, 5.74) is 0.368. The van der Waals surface area contributed by atoms with E-state index in [9.17, 15) is 0 Å². The predicted octanol–water partition coefficient (Wildman–Crippen LogP) is 4.05. The van der Waals surface area contributed by atoms with E-state index >= 15 is 0 Å². The number of halogens is 1. The van der Waals surface area contributed by atoms with Gasteiger partial charge in [-0.05, 0) is 31.2 Å². The van der Waals surface area contributed by atoms with Crippen LogP contribution in [0.2, 0.25) is 0 Å². The molecule has 92 valence electrons. The first-order valence-electron chi connectivity index (χ1n) is 6.21. The minimum absolute atomic E-state index is 0.272. The van der Waals surface area contributed by atoms with Crippen LogP contribution in [0.1, 0.15) is 54.4 Å². The fourth-order valence-electron chi connectivity index (χ4n) is 1.68. The topological polar surface area (TPSA) is 12.0 Å². The lowest BCUT2D eigenvalue weighted by Crippen LogP contribution is -2.37. The number of rotatable bonds is 7. The molecule has 2 heteroatoms. The van der Waals surface area contributed by atoms with Gasteiger partial charge in [0.05, 0.1) is 0 Å². The zero-order valence-electron chi connectivity index (χ0n) is 11.2. The first-order chi connectivity index (χ1) is 6.84. The molecule has 0 aliphatic carbocycles. The summed E-state index contributed by atoms with van der Waals surface area (Å²) in [6.45, 7) is 14.5. The third-order valence-corrected chi connectivity index (χ3v) is 4.14. The Balaban J connectivity index is 4.14. The van der Waals surface area contributed by atoms with Crippen molar-refractivity contribution in [2.75, 3.05) is 6.54 Å². The molecule has 0 aliphatic heterocycles. The van der Waals surface area contributed by atoms with E-state index in [0.29, 0.717) is 17.4 Å². The molecule has 0 radical (unpaired) electrons. The van der Waals surface area contributed by atoms with Crippen molar-refractivity contribution in [1.29, 1.82) is 0 Å². The van der Waals surface area contributed by atoms with Crippen LogP contribution in [-0.2, 0) is 0 Å². The van der Waals surface area contributed by atoms with Gasteiger partial charge < -0.3 is 5.32 Å². The number of hydrogen-bond acceptors (Lipinski definition) is 1. The minimum atomic E-state index is 0.272. The lowest BCUT2D eigenvalue weighted by Gasteiger charge is -2.31. The highest BCUT2D eigenvalue weighted by molar-refractivity contribution is 6.20. The van der Waals surface area contributed by atoms with Crippen LogP contribution >= 0.6 is 11.6 Å². The fraction of sp³-hybridized carbons (Fsp3) is 1.00. The molecular weight excluding hydrogens is 206 g/mol. The van der Waals surface area contributed by atoms with Crippen LogP contribution in [0.3, 0.4) is 0 Å². The summed E-state index contributed by atoms with van der Waals surface area (Å²) in [6, 6.07) is 0.505. The second-order valence-corrected chi connectivity index (χ2v) is 6.00. The van der Waals surface area contributed by atoms with Crippen molar-refractivity contribution in [2.24, 2.45) is 11.3 Å². The van der Waals surface area contributed by atoms with Gasteiger partial charge in [0, 0.05) is 11.4 Å². The van der Waals surface area contributed by atoms with E-state index < -0.39 is 0 Å². The summed E-state index contributed by atoms with van der Waals surface area (Å²) in [7, 11) is 0. The summed E-state index contributed by atoms with van der Waals surface area (Å²) in [5, 5.41) is 3.72. The minimum Gasteiger partial charge on any atom is -0.314 e. The summed E-state index contributed by atoms with van der Waals surface area (Å²) in [6.07, 6.45) is 2.29. The Kier molecular flexibility index (Phi) is 6.86. The van der Waals surface area contributed by atoms with E-state index in [0.717, 1.165) is 13.0 Å². The van der Waals surface area contributed by atoms with Crippen LogP contribution in [0.4, 0.5) is 0 Å². The first kappa shape index (κ1) is 15.2. The number of alkyl halides is 1. The molecule has 0 saturated carbocycles. The molecule has 0 amide bonds. The monoisotopic (exact) mass is 233 g/mol. The Morgan fingerprint density at radius 1 is 1.20 bits per heavy atom. The van der Waals surface area contributed by atoms with Gasteiger partial charge in [0.1, 0.15) is 0 Å². The maximum absolute atomic E-state index is 6.49. The molecule has 1 nitrogen and oxygen atoms in total. The molecule has 0 bridgehead atoms. The summed E-state index contributed by atoms with van der Waals surface area (Å²) in [4.78, 5) is 0. The molecule has 0 fully saturated rings. The van der Waals surface area contributed by atoms with Gasteiger partial charge in [-0.1, -0.05) is 41.0 Å². The molecule has 0 saturated heterocycles.